The van der Waals surface area contributed by atoms with Gasteiger partial charge in [-0.2, -0.15) is 5.10 Å². The molecule has 0 spiro atoms. The van der Waals surface area contributed by atoms with Gasteiger partial charge in [0.05, 0.1) is 5.69 Å². The number of nitrogens with zero attached hydrogens (tertiary/aromatic N) is 4. The fraction of sp³-hybridized carbons (Fsp3) is 0.786. The molecule has 1 heterocycles. The van der Waals surface area contributed by atoms with E-state index >= 15 is 0 Å². The van der Waals surface area contributed by atoms with Gasteiger partial charge in [-0.15, -0.1) is 0 Å². The van der Waals surface area contributed by atoms with Crippen LogP contribution in [0, 0.1) is 6.92 Å². The largest absolute Gasteiger partial charge is 0.357 e. The van der Waals surface area contributed by atoms with E-state index in [0.717, 1.165) is 31.9 Å². The van der Waals surface area contributed by atoms with Crippen LogP contribution in [0.4, 0.5) is 5.82 Å². The molecule has 1 N–H and O–H groups in total. The number of hydrogen-bond donors (Lipinski definition) is 1. The molecule has 0 aliphatic carbocycles. The quantitative estimate of drug-likeness (QED) is 0.768. The summed E-state index contributed by atoms with van der Waals surface area (Å²) in [6.45, 7) is 8.38. The lowest BCUT2D eigenvalue weighted by atomic mass is 10.2. The van der Waals surface area contributed by atoms with Crippen LogP contribution in [-0.4, -0.2) is 55.5 Å². The first kappa shape index (κ1) is 16.0. The van der Waals surface area contributed by atoms with Crippen molar-refractivity contribution >= 4 is 5.82 Å². The Balaban J connectivity index is 2.84. The monoisotopic (exact) mass is 267 g/mol. The highest BCUT2D eigenvalue weighted by atomic mass is 15.4. The molecule has 110 valence electrons. The van der Waals surface area contributed by atoms with E-state index in [0.29, 0.717) is 0 Å². The minimum atomic E-state index is 0.874. The second kappa shape index (κ2) is 7.50. The standard InChI is InChI=1S/C14H29N5/c1-7-19(10-8-9-17(4)5)14-13(11-15-3)12(2)16-18(14)6/h15H,7-11H2,1-6H3. The highest BCUT2D eigenvalue weighted by Crippen LogP contribution is 2.23. The first-order valence-electron chi connectivity index (χ1n) is 7.08. The average molecular weight is 267 g/mol. The van der Waals surface area contributed by atoms with Crippen molar-refractivity contribution < 1.29 is 0 Å². The van der Waals surface area contributed by atoms with E-state index < -0.39 is 0 Å². The maximum Gasteiger partial charge on any atom is 0.131 e. The number of hydrogen-bond acceptors (Lipinski definition) is 4. The summed E-state index contributed by atoms with van der Waals surface area (Å²) in [5, 5.41) is 7.81. The minimum Gasteiger partial charge on any atom is -0.357 e. The van der Waals surface area contributed by atoms with E-state index in [9.17, 15) is 0 Å². The molecule has 5 heteroatoms. The second-order valence-corrected chi connectivity index (χ2v) is 5.28. The first-order valence-corrected chi connectivity index (χ1v) is 7.08. The third-order valence-electron chi connectivity index (χ3n) is 3.38. The Hall–Kier alpha value is -1.07. The van der Waals surface area contributed by atoms with Crippen LogP contribution in [0.5, 0.6) is 0 Å². The van der Waals surface area contributed by atoms with Gasteiger partial charge in [-0.05, 0) is 48.0 Å². The van der Waals surface area contributed by atoms with Crippen LogP contribution in [0.15, 0.2) is 0 Å². The van der Waals surface area contributed by atoms with Crippen molar-refractivity contribution in [2.24, 2.45) is 7.05 Å². The summed E-state index contributed by atoms with van der Waals surface area (Å²) in [5.41, 5.74) is 2.44. The summed E-state index contributed by atoms with van der Waals surface area (Å²) in [7, 11) is 8.27. The lowest BCUT2D eigenvalue weighted by molar-refractivity contribution is 0.400. The molecule has 0 aromatic carbocycles. The van der Waals surface area contributed by atoms with Crippen LogP contribution in [0.2, 0.25) is 0 Å². The zero-order valence-corrected chi connectivity index (χ0v) is 13.3. The van der Waals surface area contributed by atoms with Gasteiger partial charge in [0.25, 0.3) is 0 Å². The Bertz CT molecular complexity index is 383. The molecule has 19 heavy (non-hydrogen) atoms. The molecular weight excluding hydrogens is 238 g/mol. The van der Waals surface area contributed by atoms with E-state index in [-0.39, 0.29) is 0 Å². The Kier molecular flexibility index (Phi) is 6.31. The lowest BCUT2D eigenvalue weighted by Gasteiger charge is -2.25. The molecule has 0 aliphatic heterocycles. The summed E-state index contributed by atoms with van der Waals surface area (Å²) in [6, 6.07) is 0. The van der Waals surface area contributed by atoms with E-state index in [4.69, 9.17) is 0 Å². The highest BCUT2D eigenvalue weighted by molar-refractivity contribution is 5.50. The maximum absolute atomic E-state index is 4.57. The van der Waals surface area contributed by atoms with Gasteiger partial charge in [0.2, 0.25) is 0 Å². The third kappa shape index (κ3) is 4.21. The maximum atomic E-state index is 4.57. The van der Waals surface area contributed by atoms with Gasteiger partial charge >= 0.3 is 0 Å². The molecule has 5 nitrogen and oxygen atoms in total. The normalized spacial score (nSPS) is 11.3. The molecule has 1 rings (SSSR count). The molecule has 1 aromatic rings. The number of rotatable bonds is 8. The highest BCUT2D eigenvalue weighted by Gasteiger charge is 2.17. The van der Waals surface area contributed by atoms with Crippen molar-refractivity contribution in [3.05, 3.63) is 11.3 Å². The number of aryl methyl sites for hydroxylation is 2. The molecule has 0 saturated heterocycles. The van der Waals surface area contributed by atoms with E-state index in [1.54, 1.807) is 0 Å². The van der Waals surface area contributed by atoms with Crippen molar-refractivity contribution in [3.8, 4) is 0 Å². The van der Waals surface area contributed by atoms with Gasteiger partial charge in [0.1, 0.15) is 5.82 Å². The van der Waals surface area contributed by atoms with Crippen molar-refractivity contribution in [1.82, 2.24) is 20.0 Å². The van der Waals surface area contributed by atoms with Gasteiger partial charge in [0, 0.05) is 32.2 Å². The molecule has 0 fully saturated rings. The van der Waals surface area contributed by atoms with Gasteiger partial charge in [-0.3, -0.25) is 4.68 Å². The van der Waals surface area contributed by atoms with Crippen molar-refractivity contribution in [3.63, 3.8) is 0 Å². The van der Waals surface area contributed by atoms with Gasteiger partial charge in [-0.1, -0.05) is 0 Å². The van der Waals surface area contributed by atoms with E-state index in [1.165, 1.54) is 17.8 Å². The summed E-state index contributed by atoms with van der Waals surface area (Å²) >= 11 is 0. The van der Waals surface area contributed by atoms with Crippen LogP contribution in [0.1, 0.15) is 24.6 Å². The molecule has 0 unspecified atom stereocenters. The molecule has 0 amide bonds. The molecule has 0 bridgehead atoms. The van der Waals surface area contributed by atoms with Gasteiger partial charge in [0.15, 0.2) is 0 Å². The molecule has 0 aliphatic rings. The van der Waals surface area contributed by atoms with Crippen LogP contribution < -0.4 is 10.2 Å². The van der Waals surface area contributed by atoms with Crippen molar-refractivity contribution in [2.75, 3.05) is 45.7 Å². The second-order valence-electron chi connectivity index (χ2n) is 5.28. The summed E-state index contributed by atoms with van der Waals surface area (Å²) in [4.78, 5) is 4.66. The van der Waals surface area contributed by atoms with Crippen LogP contribution in [0.3, 0.4) is 0 Å². The fourth-order valence-electron chi connectivity index (χ4n) is 2.46. The Morgan fingerprint density at radius 2 is 1.95 bits per heavy atom. The summed E-state index contributed by atoms with van der Waals surface area (Å²) in [6.07, 6.45) is 1.17. The number of anilines is 1. The molecule has 0 radical (unpaired) electrons. The molecular formula is C14H29N5. The predicted octanol–water partition coefficient (Wildman–Crippen LogP) is 1.23. The third-order valence-corrected chi connectivity index (χ3v) is 3.38. The predicted molar refractivity (Wildman–Crippen MR) is 81.8 cm³/mol. The Morgan fingerprint density at radius 3 is 2.47 bits per heavy atom. The zero-order valence-electron chi connectivity index (χ0n) is 13.3. The average Bonchev–Trinajstić information content (AvgIpc) is 2.61. The summed E-state index contributed by atoms with van der Waals surface area (Å²) in [5.74, 6) is 1.26. The topological polar surface area (TPSA) is 36.3 Å². The molecule has 1 aromatic heterocycles. The molecule has 0 saturated carbocycles. The van der Waals surface area contributed by atoms with Crippen LogP contribution >= 0.6 is 0 Å². The van der Waals surface area contributed by atoms with Crippen LogP contribution in [-0.2, 0) is 13.6 Å². The van der Waals surface area contributed by atoms with Gasteiger partial charge in [-0.25, -0.2) is 0 Å². The SMILES string of the molecule is CCN(CCCN(C)C)c1c(CNC)c(C)nn1C. The number of nitrogens with one attached hydrogen (secondary N) is 1. The first-order chi connectivity index (χ1) is 9.01. The van der Waals surface area contributed by atoms with Gasteiger partial charge < -0.3 is 15.1 Å². The fourth-order valence-corrected chi connectivity index (χ4v) is 2.46. The molecule has 0 atom stereocenters. The van der Waals surface area contributed by atoms with E-state index in [2.05, 4.69) is 48.2 Å². The van der Waals surface area contributed by atoms with Crippen molar-refractivity contribution in [1.29, 1.82) is 0 Å². The number of aromatic nitrogens is 2. The summed E-state index contributed by atoms with van der Waals surface area (Å²) < 4.78 is 2.02. The Labute approximate surface area is 117 Å². The lowest BCUT2D eigenvalue weighted by Crippen LogP contribution is -2.30. The Morgan fingerprint density at radius 1 is 1.26 bits per heavy atom. The smallest absolute Gasteiger partial charge is 0.131 e. The van der Waals surface area contributed by atoms with Crippen LogP contribution in [0.25, 0.3) is 0 Å². The van der Waals surface area contributed by atoms with E-state index in [1.807, 2.05) is 18.8 Å². The zero-order chi connectivity index (χ0) is 14.4. The van der Waals surface area contributed by atoms with Crippen molar-refractivity contribution in [2.45, 2.75) is 26.8 Å². The minimum absolute atomic E-state index is 0.874.